The Morgan fingerprint density at radius 1 is 1.35 bits per heavy atom. The normalized spacial score (nSPS) is 11.8. The predicted octanol–water partition coefficient (Wildman–Crippen LogP) is 1.73. The minimum absolute atomic E-state index is 0.109. The van der Waals surface area contributed by atoms with E-state index >= 15 is 0 Å². The van der Waals surface area contributed by atoms with Crippen molar-refractivity contribution in [3.63, 3.8) is 0 Å². The summed E-state index contributed by atoms with van der Waals surface area (Å²) >= 11 is 0. The number of carbonyl (C=O) groups is 1. The van der Waals surface area contributed by atoms with Crippen LogP contribution in [0.2, 0.25) is 0 Å². The molecule has 106 valence electrons. The Labute approximate surface area is 118 Å². The summed E-state index contributed by atoms with van der Waals surface area (Å²) in [5.74, 6) is 0. The Bertz CT molecular complexity index is 512. The number of aromatic nitrogens is 3. The molecule has 0 aromatic carbocycles. The highest BCUT2D eigenvalue weighted by molar-refractivity contribution is 5.74. The van der Waals surface area contributed by atoms with Crippen LogP contribution in [0.5, 0.6) is 0 Å². The van der Waals surface area contributed by atoms with Gasteiger partial charge in [0.1, 0.15) is 0 Å². The fraction of sp³-hybridized carbons (Fsp3) is 0.357. The van der Waals surface area contributed by atoms with Crippen LogP contribution in [-0.2, 0) is 6.54 Å². The molecular formula is C14H19N5O. The Hall–Kier alpha value is -2.37. The highest BCUT2D eigenvalue weighted by atomic mass is 16.2. The van der Waals surface area contributed by atoms with Crippen LogP contribution >= 0.6 is 0 Å². The predicted molar refractivity (Wildman–Crippen MR) is 76.0 cm³/mol. The van der Waals surface area contributed by atoms with Crippen molar-refractivity contribution in [1.82, 2.24) is 25.4 Å². The second kappa shape index (κ2) is 7.28. The molecule has 0 aliphatic heterocycles. The van der Waals surface area contributed by atoms with Crippen molar-refractivity contribution in [1.29, 1.82) is 0 Å². The lowest BCUT2D eigenvalue weighted by atomic mass is 10.2. The number of carbonyl (C=O) groups excluding carboxylic acids is 1. The molecule has 2 amide bonds. The van der Waals surface area contributed by atoms with Crippen LogP contribution < -0.4 is 10.6 Å². The molecule has 0 fully saturated rings. The maximum Gasteiger partial charge on any atom is 0.315 e. The van der Waals surface area contributed by atoms with Crippen molar-refractivity contribution in [2.45, 2.75) is 25.9 Å². The first-order chi connectivity index (χ1) is 9.75. The molecule has 0 unspecified atom stereocenters. The molecule has 6 heteroatoms. The zero-order valence-electron chi connectivity index (χ0n) is 11.5. The zero-order chi connectivity index (χ0) is 14.2. The van der Waals surface area contributed by atoms with E-state index in [4.69, 9.17) is 0 Å². The summed E-state index contributed by atoms with van der Waals surface area (Å²) in [6, 6.07) is 7.25. The molecule has 6 nitrogen and oxygen atoms in total. The van der Waals surface area contributed by atoms with Gasteiger partial charge in [-0.15, -0.1) is 0 Å². The van der Waals surface area contributed by atoms with E-state index in [0.29, 0.717) is 6.54 Å². The van der Waals surface area contributed by atoms with Crippen molar-refractivity contribution in [2.24, 2.45) is 0 Å². The van der Waals surface area contributed by atoms with E-state index in [1.54, 1.807) is 12.4 Å². The molecule has 2 rings (SSSR count). The number of rotatable bonds is 6. The first-order valence-electron chi connectivity index (χ1n) is 6.68. The van der Waals surface area contributed by atoms with Gasteiger partial charge < -0.3 is 10.6 Å². The molecule has 2 N–H and O–H groups in total. The van der Waals surface area contributed by atoms with Crippen LogP contribution in [0.15, 0.2) is 42.9 Å². The van der Waals surface area contributed by atoms with Crippen LogP contribution in [0, 0.1) is 0 Å². The fourth-order valence-corrected chi connectivity index (χ4v) is 1.83. The monoisotopic (exact) mass is 273 g/mol. The lowest BCUT2D eigenvalue weighted by molar-refractivity contribution is 0.237. The van der Waals surface area contributed by atoms with E-state index in [9.17, 15) is 4.79 Å². The molecular weight excluding hydrogens is 254 g/mol. The number of hydrogen-bond donors (Lipinski definition) is 2. The van der Waals surface area contributed by atoms with Crippen molar-refractivity contribution < 1.29 is 4.79 Å². The largest absolute Gasteiger partial charge is 0.338 e. The van der Waals surface area contributed by atoms with Gasteiger partial charge in [-0.05, 0) is 31.5 Å². The second-order valence-electron chi connectivity index (χ2n) is 4.50. The molecule has 1 atom stereocenters. The number of hydrogen-bond acceptors (Lipinski definition) is 3. The number of nitrogens with zero attached hydrogens (tertiary/aromatic N) is 3. The molecule has 0 radical (unpaired) electrons. The van der Waals surface area contributed by atoms with E-state index in [0.717, 1.165) is 18.7 Å². The first kappa shape index (κ1) is 14.0. The summed E-state index contributed by atoms with van der Waals surface area (Å²) in [6.45, 7) is 3.31. The van der Waals surface area contributed by atoms with E-state index in [1.807, 2.05) is 42.1 Å². The standard InChI is InChI=1S/C14H19N5O/c1-12(13-6-2-3-7-15-13)18-14(20)16-8-4-10-19-11-5-9-17-19/h2-3,5-7,9,11-12H,4,8,10H2,1H3,(H2,16,18,20)/t12-/m1/s1. The molecule has 0 bridgehead atoms. The highest BCUT2D eigenvalue weighted by Gasteiger charge is 2.09. The van der Waals surface area contributed by atoms with Gasteiger partial charge >= 0.3 is 6.03 Å². The van der Waals surface area contributed by atoms with Gasteiger partial charge in [-0.25, -0.2) is 4.79 Å². The Morgan fingerprint density at radius 3 is 2.95 bits per heavy atom. The number of aryl methyl sites for hydroxylation is 1. The third-order valence-electron chi connectivity index (χ3n) is 2.89. The van der Waals surface area contributed by atoms with Crippen LogP contribution in [0.3, 0.4) is 0 Å². The average molecular weight is 273 g/mol. The summed E-state index contributed by atoms with van der Waals surface area (Å²) in [6.07, 6.45) is 6.21. The number of nitrogens with one attached hydrogen (secondary N) is 2. The minimum Gasteiger partial charge on any atom is -0.338 e. The van der Waals surface area contributed by atoms with Gasteiger partial charge in [0.2, 0.25) is 0 Å². The summed E-state index contributed by atoms with van der Waals surface area (Å²) < 4.78 is 1.84. The number of urea groups is 1. The molecule has 0 saturated carbocycles. The molecule has 2 heterocycles. The van der Waals surface area contributed by atoms with Gasteiger partial charge in [0.05, 0.1) is 11.7 Å². The first-order valence-corrected chi connectivity index (χ1v) is 6.68. The van der Waals surface area contributed by atoms with Crippen LogP contribution in [-0.4, -0.2) is 27.3 Å². The second-order valence-corrected chi connectivity index (χ2v) is 4.50. The van der Waals surface area contributed by atoms with Gasteiger partial charge in [0.25, 0.3) is 0 Å². The van der Waals surface area contributed by atoms with Gasteiger partial charge in [0, 0.05) is 31.7 Å². The van der Waals surface area contributed by atoms with Crippen LogP contribution in [0.1, 0.15) is 25.1 Å². The number of amides is 2. The Morgan fingerprint density at radius 2 is 2.25 bits per heavy atom. The maximum absolute atomic E-state index is 11.7. The molecule has 2 aromatic rings. The third-order valence-corrected chi connectivity index (χ3v) is 2.89. The lowest BCUT2D eigenvalue weighted by Crippen LogP contribution is -2.38. The van der Waals surface area contributed by atoms with Gasteiger partial charge in [0.15, 0.2) is 0 Å². The Kier molecular flexibility index (Phi) is 5.11. The molecule has 2 aromatic heterocycles. The SMILES string of the molecule is C[C@@H](NC(=O)NCCCn1cccn1)c1ccccn1. The van der Waals surface area contributed by atoms with E-state index in [-0.39, 0.29) is 12.1 Å². The summed E-state index contributed by atoms with van der Waals surface area (Å²) in [5, 5.41) is 9.78. The lowest BCUT2D eigenvalue weighted by Gasteiger charge is -2.14. The van der Waals surface area contributed by atoms with Crippen molar-refractivity contribution >= 4 is 6.03 Å². The maximum atomic E-state index is 11.7. The van der Waals surface area contributed by atoms with E-state index in [1.165, 1.54) is 0 Å². The number of pyridine rings is 1. The zero-order valence-corrected chi connectivity index (χ0v) is 11.5. The van der Waals surface area contributed by atoms with E-state index in [2.05, 4.69) is 20.7 Å². The van der Waals surface area contributed by atoms with Crippen molar-refractivity contribution in [3.05, 3.63) is 48.5 Å². The highest BCUT2D eigenvalue weighted by Crippen LogP contribution is 2.06. The molecule has 0 saturated heterocycles. The van der Waals surface area contributed by atoms with Crippen molar-refractivity contribution in [2.75, 3.05) is 6.54 Å². The van der Waals surface area contributed by atoms with Gasteiger partial charge in [-0.3, -0.25) is 9.67 Å². The summed E-state index contributed by atoms with van der Waals surface area (Å²) in [5.41, 5.74) is 0.846. The summed E-state index contributed by atoms with van der Waals surface area (Å²) in [4.78, 5) is 15.9. The smallest absolute Gasteiger partial charge is 0.315 e. The molecule has 0 aliphatic carbocycles. The van der Waals surface area contributed by atoms with Crippen LogP contribution in [0.25, 0.3) is 0 Å². The van der Waals surface area contributed by atoms with E-state index < -0.39 is 0 Å². The third kappa shape index (κ3) is 4.38. The molecule has 0 aliphatic rings. The topological polar surface area (TPSA) is 71.8 Å². The average Bonchev–Trinajstić information content (AvgIpc) is 2.98. The van der Waals surface area contributed by atoms with Gasteiger partial charge in [-0.2, -0.15) is 5.10 Å². The summed E-state index contributed by atoms with van der Waals surface area (Å²) in [7, 11) is 0. The quantitative estimate of drug-likeness (QED) is 0.787. The fourth-order valence-electron chi connectivity index (χ4n) is 1.83. The molecule has 20 heavy (non-hydrogen) atoms. The van der Waals surface area contributed by atoms with Gasteiger partial charge in [-0.1, -0.05) is 6.07 Å². The molecule has 0 spiro atoms. The van der Waals surface area contributed by atoms with Crippen LogP contribution in [0.4, 0.5) is 4.79 Å². The Balaban J connectivity index is 1.65. The van der Waals surface area contributed by atoms with Crippen molar-refractivity contribution in [3.8, 4) is 0 Å². The minimum atomic E-state index is -0.177.